The van der Waals surface area contributed by atoms with Crippen molar-refractivity contribution in [2.24, 2.45) is 11.8 Å². The number of carbonyl (C=O) groups is 4. The molecule has 3 atom stereocenters. The van der Waals surface area contributed by atoms with Crippen LogP contribution in [0.2, 0.25) is 0 Å². The van der Waals surface area contributed by atoms with Gasteiger partial charge in [0, 0.05) is 12.7 Å². The van der Waals surface area contributed by atoms with Crippen LogP contribution in [0, 0.1) is 11.8 Å². The number of carbonyl (C=O) groups excluding carboxylic acids is 4. The Morgan fingerprint density at radius 2 is 1.79 bits per heavy atom. The molecule has 1 aliphatic rings. The average Bonchev–Trinajstić information content (AvgIpc) is 3.02. The van der Waals surface area contributed by atoms with E-state index in [4.69, 9.17) is 4.74 Å². The molecular weight excluding hydrogens is 538 g/mol. The minimum atomic E-state index is -0.881. The quantitative estimate of drug-likeness (QED) is 0.0992. The van der Waals surface area contributed by atoms with Gasteiger partial charge in [-0.2, -0.15) is 0 Å². The maximum atomic E-state index is 13.6. The molecule has 1 aliphatic carbocycles. The highest BCUT2D eigenvalue weighted by atomic mass is 16.5. The molecule has 4 N–H and O–H groups in total. The number of ether oxygens (including phenoxy) is 1. The predicted octanol–water partition coefficient (Wildman–Crippen LogP) is 4.42. The van der Waals surface area contributed by atoms with Crippen LogP contribution in [0.1, 0.15) is 70.3 Å². The Labute approximate surface area is 247 Å². The van der Waals surface area contributed by atoms with Gasteiger partial charge in [0.15, 0.2) is 0 Å². The molecule has 2 aromatic rings. The van der Waals surface area contributed by atoms with Crippen LogP contribution < -0.4 is 16.0 Å². The summed E-state index contributed by atoms with van der Waals surface area (Å²) in [5.74, 6) is -0.824. The Kier molecular flexibility index (Phi) is 13.7. The van der Waals surface area contributed by atoms with Crippen molar-refractivity contribution in [3.63, 3.8) is 0 Å². The third-order valence-electron chi connectivity index (χ3n) is 7.71. The number of aromatic nitrogens is 1. The number of rotatable bonds is 16. The summed E-state index contributed by atoms with van der Waals surface area (Å²) in [6.07, 6.45) is 8.58. The van der Waals surface area contributed by atoms with E-state index in [0.717, 1.165) is 31.2 Å². The number of benzene rings is 1. The molecule has 11 nitrogen and oxygen atoms in total. The molecule has 42 heavy (non-hydrogen) atoms. The van der Waals surface area contributed by atoms with Gasteiger partial charge in [-0.1, -0.05) is 68.5 Å². The molecule has 11 heteroatoms. The topological polar surface area (TPSA) is 150 Å². The van der Waals surface area contributed by atoms with Crippen molar-refractivity contribution in [3.8, 4) is 0 Å². The largest absolute Gasteiger partial charge is 0.445 e. The first-order valence-corrected chi connectivity index (χ1v) is 14.8. The first kappa shape index (κ1) is 32.5. The molecule has 0 saturated heterocycles. The van der Waals surface area contributed by atoms with Gasteiger partial charge >= 0.3 is 6.09 Å². The van der Waals surface area contributed by atoms with Crippen molar-refractivity contribution < 1.29 is 29.1 Å². The van der Waals surface area contributed by atoms with E-state index in [1.54, 1.807) is 31.3 Å². The average molecular weight is 582 g/mol. The third-order valence-corrected chi connectivity index (χ3v) is 7.71. The highest BCUT2D eigenvalue weighted by Gasteiger charge is 2.34. The first-order valence-electron chi connectivity index (χ1n) is 14.8. The van der Waals surface area contributed by atoms with Crippen LogP contribution in [0.15, 0.2) is 54.7 Å². The predicted molar refractivity (Wildman–Crippen MR) is 157 cm³/mol. The van der Waals surface area contributed by atoms with Gasteiger partial charge in [-0.25, -0.2) is 14.8 Å². The molecule has 1 saturated carbocycles. The van der Waals surface area contributed by atoms with Crippen LogP contribution in [0.3, 0.4) is 0 Å². The third kappa shape index (κ3) is 11.1. The summed E-state index contributed by atoms with van der Waals surface area (Å²) < 4.78 is 5.23. The SMILES string of the molecule is C[C@@H]([C@@H](CC1CCCCC1)C(=O)N[C@@H](CCCCNC(=O)OCc1ccccc1)C(=O)Nc1ccccn1)N(O)C=O. The Hall–Kier alpha value is -3.99. The highest BCUT2D eigenvalue weighted by Crippen LogP contribution is 2.31. The smallest absolute Gasteiger partial charge is 0.407 e. The Morgan fingerprint density at radius 3 is 2.48 bits per heavy atom. The molecule has 1 aromatic heterocycles. The number of amides is 4. The van der Waals surface area contributed by atoms with E-state index in [2.05, 4.69) is 20.9 Å². The van der Waals surface area contributed by atoms with Gasteiger partial charge in [0.2, 0.25) is 18.2 Å². The number of alkyl carbamates (subject to hydrolysis) is 1. The van der Waals surface area contributed by atoms with Crippen LogP contribution in [0.5, 0.6) is 0 Å². The molecule has 1 fully saturated rings. The fraction of sp³-hybridized carbons (Fsp3) is 0.516. The number of nitrogens with one attached hydrogen (secondary N) is 3. The van der Waals surface area contributed by atoms with Gasteiger partial charge in [0.05, 0.1) is 12.0 Å². The monoisotopic (exact) mass is 581 g/mol. The lowest BCUT2D eigenvalue weighted by molar-refractivity contribution is -0.167. The second-order valence-corrected chi connectivity index (χ2v) is 10.8. The van der Waals surface area contributed by atoms with E-state index >= 15 is 0 Å². The zero-order valence-electron chi connectivity index (χ0n) is 24.2. The minimum Gasteiger partial charge on any atom is -0.445 e. The van der Waals surface area contributed by atoms with E-state index < -0.39 is 35.9 Å². The summed E-state index contributed by atoms with van der Waals surface area (Å²) in [5.41, 5.74) is 0.888. The normalized spacial score (nSPS) is 15.5. The van der Waals surface area contributed by atoms with Crippen LogP contribution in [0.25, 0.3) is 0 Å². The molecule has 0 unspecified atom stereocenters. The standard InChI is InChI=1S/C31H43N5O6/c1-23(36(41)22-37)26(20-24-12-4-2-5-13-24)29(38)34-27(30(39)35-28-17-9-11-18-32-28)16-8-10-19-33-31(40)42-21-25-14-6-3-7-15-25/h3,6-7,9,11,14-15,17-18,22-24,26-27,41H,2,4-5,8,10,12-13,16,19-21H2,1H3,(H,33,40)(H,34,38)(H,32,35,39)/t23-,26+,27-/m0/s1. The second-order valence-electron chi connectivity index (χ2n) is 10.8. The van der Waals surface area contributed by atoms with Crippen molar-refractivity contribution in [3.05, 3.63) is 60.3 Å². The Morgan fingerprint density at radius 1 is 1.05 bits per heavy atom. The van der Waals surface area contributed by atoms with E-state index in [1.165, 1.54) is 6.42 Å². The van der Waals surface area contributed by atoms with Gasteiger partial charge in [-0.05, 0) is 56.2 Å². The molecule has 0 spiro atoms. The molecule has 0 radical (unpaired) electrons. The zero-order valence-corrected chi connectivity index (χ0v) is 24.2. The van der Waals surface area contributed by atoms with Crippen molar-refractivity contribution >= 4 is 30.1 Å². The molecule has 228 valence electrons. The fourth-order valence-corrected chi connectivity index (χ4v) is 5.22. The van der Waals surface area contributed by atoms with Crippen LogP contribution >= 0.6 is 0 Å². The number of nitrogens with zero attached hydrogens (tertiary/aromatic N) is 2. The summed E-state index contributed by atoms with van der Waals surface area (Å²) >= 11 is 0. The van der Waals surface area contributed by atoms with Crippen molar-refractivity contribution in [1.82, 2.24) is 20.7 Å². The molecule has 3 rings (SSSR count). The molecule has 4 amide bonds. The molecule has 1 aromatic carbocycles. The maximum absolute atomic E-state index is 13.6. The summed E-state index contributed by atoms with van der Waals surface area (Å²) in [6, 6.07) is 12.9. The number of hydrogen-bond donors (Lipinski definition) is 4. The lowest BCUT2D eigenvalue weighted by atomic mass is 9.80. The van der Waals surface area contributed by atoms with Gasteiger partial charge in [-0.3, -0.25) is 19.6 Å². The van der Waals surface area contributed by atoms with Gasteiger partial charge in [0.1, 0.15) is 18.5 Å². The maximum Gasteiger partial charge on any atom is 0.407 e. The van der Waals surface area contributed by atoms with Gasteiger partial charge in [-0.15, -0.1) is 0 Å². The van der Waals surface area contributed by atoms with Gasteiger partial charge in [0.25, 0.3) is 0 Å². The lowest BCUT2D eigenvalue weighted by Gasteiger charge is -2.32. The highest BCUT2D eigenvalue weighted by molar-refractivity contribution is 5.96. The number of hydroxylamine groups is 2. The van der Waals surface area contributed by atoms with E-state index in [9.17, 15) is 24.4 Å². The zero-order chi connectivity index (χ0) is 30.2. The van der Waals surface area contributed by atoms with Crippen LogP contribution in [-0.2, 0) is 25.7 Å². The summed E-state index contributed by atoms with van der Waals surface area (Å²) in [4.78, 5) is 54.3. The summed E-state index contributed by atoms with van der Waals surface area (Å²) in [6.45, 7) is 2.15. The Balaban J connectivity index is 1.58. The Bertz CT molecular complexity index is 1110. The van der Waals surface area contributed by atoms with Crippen molar-refractivity contribution in [1.29, 1.82) is 0 Å². The minimum absolute atomic E-state index is 0.171. The number of anilines is 1. The second kappa shape index (κ2) is 17.7. The molecule has 1 heterocycles. The number of hydrogen-bond acceptors (Lipinski definition) is 7. The van der Waals surface area contributed by atoms with Crippen molar-refractivity contribution in [2.75, 3.05) is 11.9 Å². The summed E-state index contributed by atoms with van der Waals surface area (Å²) in [7, 11) is 0. The van der Waals surface area contributed by atoms with Crippen LogP contribution in [-0.4, -0.2) is 58.2 Å². The van der Waals surface area contributed by atoms with E-state index in [0.29, 0.717) is 55.4 Å². The molecule has 0 aliphatic heterocycles. The lowest BCUT2D eigenvalue weighted by Crippen LogP contribution is -2.50. The van der Waals surface area contributed by atoms with Gasteiger partial charge < -0.3 is 20.7 Å². The number of unbranched alkanes of at least 4 members (excludes halogenated alkanes) is 1. The molecule has 0 bridgehead atoms. The van der Waals surface area contributed by atoms with Crippen LogP contribution in [0.4, 0.5) is 10.6 Å². The first-order chi connectivity index (χ1) is 20.4. The van der Waals surface area contributed by atoms with E-state index in [-0.39, 0.29) is 6.61 Å². The van der Waals surface area contributed by atoms with Crippen molar-refractivity contribution in [2.45, 2.75) is 83.4 Å². The fourth-order valence-electron chi connectivity index (χ4n) is 5.22. The molecular formula is C31H43N5O6. The number of pyridine rings is 1. The summed E-state index contributed by atoms with van der Waals surface area (Å²) in [5, 5.41) is 19.0. The van der Waals surface area contributed by atoms with E-state index in [1.807, 2.05) is 30.3 Å².